The molecular weight excluding hydrogens is 238 g/mol. The molecule has 2 aromatic carbocycles. The Bertz CT molecular complexity index is 539. The van der Waals surface area contributed by atoms with Gasteiger partial charge in [0.25, 0.3) is 0 Å². The van der Waals surface area contributed by atoms with Crippen LogP contribution in [-0.4, -0.2) is 18.3 Å². The Hall–Kier alpha value is -1.58. The van der Waals surface area contributed by atoms with Crippen LogP contribution in [0.15, 0.2) is 36.4 Å². The molecule has 1 atom stereocenters. The van der Waals surface area contributed by atoms with Crippen molar-refractivity contribution in [3.8, 4) is 5.75 Å². The highest BCUT2D eigenvalue weighted by molar-refractivity contribution is 5.88. The van der Waals surface area contributed by atoms with Crippen molar-refractivity contribution in [2.75, 3.05) is 13.2 Å². The molecule has 102 valence electrons. The van der Waals surface area contributed by atoms with Gasteiger partial charge in [-0.15, -0.1) is 0 Å². The number of ether oxygens (including phenoxy) is 1. The van der Waals surface area contributed by atoms with Gasteiger partial charge < -0.3 is 15.6 Å². The van der Waals surface area contributed by atoms with Crippen molar-refractivity contribution in [3.63, 3.8) is 0 Å². The highest BCUT2D eigenvalue weighted by atomic mass is 16.5. The quantitative estimate of drug-likeness (QED) is 0.838. The molecule has 0 unspecified atom stereocenters. The number of benzene rings is 2. The van der Waals surface area contributed by atoms with Crippen LogP contribution in [0.25, 0.3) is 10.8 Å². The van der Waals surface area contributed by atoms with Gasteiger partial charge in [-0.05, 0) is 36.6 Å². The van der Waals surface area contributed by atoms with E-state index >= 15 is 0 Å². The summed E-state index contributed by atoms with van der Waals surface area (Å²) >= 11 is 0. The Kier molecular flexibility index (Phi) is 4.77. The molecule has 19 heavy (non-hydrogen) atoms. The molecule has 0 amide bonds. The zero-order chi connectivity index (χ0) is 13.7. The topological polar surface area (TPSA) is 55.5 Å². The first-order chi connectivity index (χ1) is 9.27. The van der Waals surface area contributed by atoms with E-state index in [1.165, 1.54) is 5.39 Å². The van der Waals surface area contributed by atoms with Gasteiger partial charge in [0.1, 0.15) is 5.75 Å². The highest BCUT2D eigenvalue weighted by Gasteiger charge is 2.15. The van der Waals surface area contributed by atoms with Crippen molar-refractivity contribution >= 4 is 10.8 Å². The lowest BCUT2D eigenvalue weighted by atomic mass is 9.95. The van der Waals surface area contributed by atoms with E-state index in [1.54, 1.807) is 0 Å². The molecule has 3 nitrogen and oxygen atoms in total. The van der Waals surface area contributed by atoms with Crippen molar-refractivity contribution < 1.29 is 9.84 Å². The maximum absolute atomic E-state index is 8.96. The van der Waals surface area contributed by atoms with Crippen LogP contribution in [0, 0.1) is 0 Å². The van der Waals surface area contributed by atoms with Crippen LogP contribution in [0.5, 0.6) is 5.75 Å². The molecule has 3 heteroatoms. The molecule has 2 aromatic rings. The molecule has 0 bridgehead atoms. The number of hydrogen-bond acceptors (Lipinski definition) is 3. The average molecular weight is 259 g/mol. The summed E-state index contributed by atoms with van der Waals surface area (Å²) in [5, 5.41) is 11.3. The summed E-state index contributed by atoms with van der Waals surface area (Å²) in [5.74, 6) is 0.853. The smallest absolute Gasteiger partial charge is 0.124 e. The summed E-state index contributed by atoms with van der Waals surface area (Å²) in [6.07, 6.45) is 1.46. The first-order valence-electron chi connectivity index (χ1n) is 6.78. The predicted molar refractivity (Wildman–Crippen MR) is 78.4 cm³/mol. The van der Waals surface area contributed by atoms with Gasteiger partial charge in [-0.25, -0.2) is 0 Å². The van der Waals surface area contributed by atoms with Gasteiger partial charge in [-0.1, -0.05) is 30.3 Å². The third-order valence-electron chi connectivity index (χ3n) is 3.27. The van der Waals surface area contributed by atoms with Crippen LogP contribution in [0.3, 0.4) is 0 Å². The summed E-state index contributed by atoms with van der Waals surface area (Å²) in [6, 6.07) is 12.1. The Morgan fingerprint density at radius 3 is 2.74 bits per heavy atom. The van der Waals surface area contributed by atoms with Gasteiger partial charge in [0.2, 0.25) is 0 Å². The van der Waals surface area contributed by atoms with Crippen LogP contribution < -0.4 is 10.5 Å². The first kappa shape index (κ1) is 13.8. The molecule has 0 aliphatic carbocycles. The number of rotatable bonds is 6. The van der Waals surface area contributed by atoms with E-state index in [9.17, 15) is 0 Å². The van der Waals surface area contributed by atoms with Crippen molar-refractivity contribution in [2.24, 2.45) is 5.73 Å². The fraction of sp³-hybridized carbons (Fsp3) is 0.375. The normalized spacial score (nSPS) is 12.6. The second-order valence-electron chi connectivity index (χ2n) is 4.60. The third-order valence-corrected chi connectivity index (χ3v) is 3.27. The van der Waals surface area contributed by atoms with Gasteiger partial charge in [0, 0.05) is 18.2 Å². The van der Waals surface area contributed by atoms with E-state index in [-0.39, 0.29) is 12.6 Å². The van der Waals surface area contributed by atoms with Gasteiger partial charge in [-0.3, -0.25) is 0 Å². The number of aliphatic hydroxyl groups excluding tert-OH is 1. The minimum Gasteiger partial charge on any atom is -0.494 e. The second kappa shape index (κ2) is 6.55. The molecule has 3 N–H and O–H groups in total. The van der Waals surface area contributed by atoms with E-state index in [4.69, 9.17) is 15.6 Å². The first-order valence-corrected chi connectivity index (χ1v) is 6.78. The minimum absolute atomic E-state index is 0.111. The van der Waals surface area contributed by atoms with Crippen LogP contribution >= 0.6 is 0 Å². The SMILES string of the molecule is CCOc1ccc2ccccc2c1[C@H](N)CCCO. The summed E-state index contributed by atoms with van der Waals surface area (Å²) in [7, 11) is 0. The van der Waals surface area contributed by atoms with Gasteiger partial charge >= 0.3 is 0 Å². The molecule has 0 saturated heterocycles. The largest absolute Gasteiger partial charge is 0.494 e. The van der Waals surface area contributed by atoms with Gasteiger partial charge in [-0.2, -0.15) is 0 Å². The standard InChI is InChI=1S/C16H21NO2/c1-2-19-15-10-9-12-6-3-4-7-13(12)16(15)14(17)8-5-11-18/h3-4,6-7,9-10,14,18H,2,5,8,11,17H2,1H3/t14-/m1/s1. The second-order valence-corrected chi connectivity index (χ2v) is 4.60. The van der Waals surface area contributed by atoms with E-state index < -0.39 is 0 Å². The molecule has 0 saturated carbocycles. The zero-order valence-electron chi connectivity index (χ0n) is 11.3. The number of fused-ring (bicyclic) bond motifs is 1. The van der Waals surface area contributed by atoms with E-state index in [0.717, 1.165) is 23.1 Å². The Balaban J connectivity index is 2.48. The summed E-state index contributed by atoms with van der Waals surface area (Å²) in [5.41, 5.74) is 7.34. The molecule has 0 aliphatic heterocycles. The molecule has 0 heterocycles. The fourth-order valence-corrected chi connectivity index (χ4v) is 2.39. The molecule has 0 aromatic heterocycles. The van der Waals surface area contributed by atoms with Crippen LogP contribution in [-0.2, 0) is 0 Å². The van der Waals surface area contributed by atoms with E-state index in [1.807, 2.05) is 25.1 Å². The minimum atomic E-state index is -0.111. The van der Waals surface area contributed by atoms with Gasteiger partial charge in [0.05, 0.1) is 6.61 Å². The number of aliphatic hydroxyl groups is 1. The highest BCUT2D eigenvalue weighted by Crippen LogP contribution is 2.34. The third kappa shape index (κ3) is 3.06. The van der Waals surface area contributed by atoms with Crippen molar-refractivity contribution in [3.05, 3.63) is 42.0 Å². The van der Waals surface area contributed by atoms with Crippen LogP contribution in [0.1, 0.15) is 31.4 Å². The van der Waals surface area contributed by atoms with Crippen molar-refractivity contribution in [1.29, 1.82) is 0 Å². The van der Waals surface area contributed by atoms with Crippen molar-refractivity contribution in [2.45, 2.75) is 25.8 Å². The monoisotopic (exact) mass is 259 g/mol. The number of nitrogens with two attached hydrogens (primary N) is 1. The lowest BCUT2D eigenvalue weighted by Gasteiger charge is -2.19. The van der Waals surface area contributed by atoms with E-state index in [2.05, 4.69) is 18.2 Å². The molecule has 2 rings (SSSR count). The van der Waals surface area contributed by atoms with Gasteiger partial charge in [0.15, 0.2) is 0 Å². The lowest BCUT2D eigenvalue weighted by molar-refractivity contribution is 0.278. The Morgan fingerprint density at radius 2 is 2.00 bits per heavy atom. The molecule has 0 spiro atoms. The molecule has 0 radical (unpaired) electrons. The molecular formula is C16H21NO2. The van der Waals surface area contributed by atoms with Crippen LogP contribution in [0.4, 0.5) is 0 Å². The molecule has 0 aliphatic rings. The predicted octanol–water partition coefficient (Wildman–Crippen LogP) is 3.01. The maximum atomic E-state index is 8.96. The lowest BCUT2D eigenvalue weighted by Crippen LogP contribution is -2.13. The summed E-state index contributed by atoms with van der Waals surface area (Å²) in [4.78, 5) is 0. The fourth-order valence-electron chi connectivity index (χ4n) is 2.39. The zero-order valence-corrected chi connectivity index (χ0v) is 11.3. The van der Waals surface area contributed by atoms with E-state index in [0.29, 0.717) is 13.0 Å². The van der Waals surface area contributed by atoms with Crippen molar-refractivity contribution in [1.82, 2.24) is 0 Å². The summed E-state index contributed by atoms with van der Waals surface area (Å²) < 4.78 is 5.70. The average Bonchev–Trinajstić information content (AvgIpc) is 2.45. The Labute approximate surface area is 114 Å². The Morgan fingerprint density at radius 1 is 1.21 bits per heavy atom. The summed E-state index contributed by atoms with van der Waals surface area (Å²) in [6.45, 7) is 2.76. The maximum Gasteiger partial charge on any atom is 0.124 e. The molecule has 0 fully saturated rings. The van der Waals surface area contributed by atoms with Crippen LogP contribution in [0.2, 0.25) is 0 Å². The number of hydrogen-bond donors (Lipinski definition) is 2.